The normalized spacial score (nSPS) is 11.9. The second-order valence-electron chi connectivity index (χ2n) is 5.49. The molecule has 0 radical (unpaired) electrons. The number of aromatic carboxylic acids is 1. The third-order valence-electron chi connectivity index (χ3n) is 3.85. The first-order chi connectivity index (χ1) is 12.1. The van der Waals surface area contributed by atoms with Crippen molar-refractivity contribution in [2.75, 3.05) is 5.32 Å². The van der Waals surface area contributed by atoms with Crippen LogP contribution in [0.3, 0.4) is 0 Å². The molecule has 0 spiro atoms. The van der Waals surface area contributed by atoms with E-state index in [4.69, 9.17) is 5.11 Å². The van der Waals surface area contributed by atoms with Gasteiger partial charge in [-0.1, -0.05) is 6.92 Å². The molecule has 0 bridgehead atoms. The van der Waals surface area contributed by atoms with Crippen molar-refractivity contribution in [2.24, 2.45) is 7.05 Å². The van der Waals surface area contributed by atoms with E-state index in [0.29, 0.717) is 17.3 Å². The van der Waals surface area contributed by atoms with Crippen LogP contribution in [0.4, 0.5) is 5.95 Å². The van der Waals surface area contributed by atoms with Crippen LogP contribution in [0.15, 0.2) is 42.9 Å². The van der Waals surface area contributed by atoms with Gasteiger partial charge in [-0.25, -0.2) is 14.8 Å². The van der Waals surface area contributed by atoms with Crippen molar-refractivity contribution in [3.63, 3.8) is 0 Å². The molecule has 25 heavy (non-hydrogen) atoms. The minimum absolute atomic E-state index is 0.0149. The molecule has 8 nitrogen and oxygen atoms in total. The van der Waals surface area contributed by atoms with Crippen molar-refractivity contribution in [3.05, 3.63) is 54.1 Å². The molecule has 1 unspecified atom stereocenters. The molecular weight excluding hydrogens is 320 g/mol. The number of nitrogens with one attached hydrogen (secondary N) is 1. The average molecular weight is 338 g/mol. The summed E-state index contributed by atoms with van der Waals surface area (Å²) in [6, 6.07) is 6.60. The molecule has 0 aromatic carbocycles. The molecule has 8 heteroatoms. The molecule has 3 heterocycles. The zero-order chi connectivity index (χ0) is 17.8. The molecule has 0 aliphatic heterocycles. The molecule has 0 saturated carbocycles. The van der Waals surface area contributed by atoms with Gasteiger partial charge < -0.3 is 10.4 Å². The highest BCUT2D eigenvalue weighted by molar-refractivity contribution is 5.88. The number of aryl methyl sites for hydroxylation is 1. The topological polar surface area (TPSA) is 106 Å². The summed E-state index contributed by atoms with van der Waals surface area (Å²) < 4.78 is 1.81. The lowest BCUT2D eigenvalue weighted by Gasteiger charge is -2.17. The van der Waals surface area contributed by atoms with Crippen LogP contribution in [0.25, 0.3) is 11.4 Å². The molecule has 0 aliphatic rings. The molecular formula is C17H18N6O2. The Labute approximate surface area is 144 Å². The monoisotopic (exact) mass is 338 g/mol. The lowest BCUT2D eigenvalue weighted by Crippen LogP contribution is -2.15. The molecule has 3 aromatic rings. The van der Waals surface area contributed by atoms with E-state index in [9.17, 15) is 4.79 Å². The van der Waals surface area contributed by atoms with Gasteiger partial charge in [-0.05, 0) is 30.7 Å². The van der Waals surface area contributed by atoms with Crippen molar-refractivity contribution in [1.29, 1.82) is 0 Å². The molecule has 1 atom stereocenters. The predicted molar refractivity (Wildman–Crippen MR) is 92.1 cm³/mol. The van der Waals surface area contributed by atoms with E-state index >= 15 is 0 Å². The van der Waals surface area contributed by atoms with Gasteiger partial charge >= 0.3 is 5.97 Å². The van der Waals surface area contributed by atoms with Crippen LogP contribution in [0, 0.1) is 0 Å². The first-order valence-corrected chi connectivity index (χ1v) is 7.85. The van der Waals surface area contributed by atoms with Gasteiger partial charge in [0.2, 0.25) is 5.95 Å². The average Bonchev–Trinajstić information content (AvgIpc) is 3.06. The van der Waals surface area contributed by atoms with E-state index < -0.39 is 5.97 Å². The zero-order valence-electron chi connectivity index (χ0n) is 13.9. The number of aromatic nitrogens is 5. The number of hydrogen-bond donors (Lipinski definition) is 2. The Bertz CT molecular complexity index is 892. The Kier molecular flexibility index (Phi) is 4.69. The van der Waals surface area contributed by atoms with Crippen molar-refractivity contribution >= 4 is 11.9 Å². The van der Waals surface area contributed by atoms with Gasteiger partial charge in [0.15, 0.2) is 0 Å². The largest absolute Gasteiger partial charge is 0.478 e. The maximum atomic E-state index is 11.1. The summed E-state index contributed by atoms with van der Waals surface area (Å²) in [5.74, 6) is -0.550. The molecule has 3 aromatic heterocycles. The number of hydrogen-bond acceptors (Lipinski definition) is 6. The van der Waals surface area contributed by atoms with Gasteiger partial charge in [-0.2, -0.15) is 5.10 Å². The van der Waals surface area contributed by atoms with Crippen molar-refractivity contribution in [3.8, 4) is 11.4 Å². The predicted octanol–water partition coefficient (Wildman–Crippen LogP) is 2.53. The Hall–Kier alpha value is -3.29. The number of rotatable bonds is 6. The van der Waals surface area contributed by atoms with E-state index in [-0.39, 0.29) is 11.6 Å². The van der Waals surface area contributed by atoms with Gasteiger partial charge in [-0.3, -0.25) is 9.67 Å². The van der Waals surface area contributed by atoms with Crippen LogP contribution in [-0.2, 0) is 7.05 Å². The number of carboxylic acid groups (broad SMARTS) is 1. The summed E-state index contributed by atoms with van der Waals surface area (Å²) in [7, 11) is 1.89. The first-order valence-electron chi connectivity index (χ1n) is 7.85. The summed E-state index contributed by atoms with van der Waals surface area (Å²) in [6.07, 6.45) is 5.66. The van der Waals surface area contributed by atoms with Gasteiger partial charge in [-0.15, -0.1) is 0 Å². The van der Waals surface area contributed by atoms with Gasteiger partial charge in [0.05, 0.1) is 28.7 Å². The maximum Gasteiger partial charge on any atom is 0.335 e. The van der Waals surface area contributed by atoms with Crippen LogP contribution in [0.2, 0.25) is 0 Å². The fraction of sp³-hybridized carbons (Fsp3) is 0.235. The minimum atomic E-state index is -1.00. The summed E-state index contributed by atoms with van der Waals surface area (Å²) >= 11 is 0. The fourth-order valence-electron chi connectivity index (χ4n) is 2.54. The van der Waals surface area contributed by atoms with E-state index in [1.807, 2.05) is 17.8 Å². The molecule has 0 aliphatic carbocycles. The SMILES string of the molecule is CCC(Nc1nccc(-c2cc(C(=O)O)ccn2)n1)c1ccnn1C. The van der Waals surface area contributed by atoms with E-state index in [0.717, 1.165) is 12.1 Å². The first kappa shape index (κ1) is 16.6. The third-order valence-corrected chi connectivity index (χ3v) is 3.85. The number of nitrogens with zero attached hydrogens (tertiary/aromatic N) is 5. The van der Waals surface area contributed by atoms with Crippen LogP contribution in [0.5, 0.6) is 0 Å². The second kappa shape index (κ2) is 7.08. The highest BCUT2D eigenvalue weighted by Gasteiger charge is 2.15. The van der Waals surface area contributed by atoms with Crippen LogP contribution in [0.1, 0.15) is 35.4 Å². The fourth-order valence-corrected chi connectivity index (χ4v) is 2.54. The summed E-state index contributed by atoms with van der Waals surface area (Å²) in [6.45, 7) is 2.06. The number of carboxylic acids is 1. The summed E-state index contributed by atoms with van der Waals surface area (Å²) in [5, 5.41) is 16.6. The lowest BCUT2D eigenvalue weighted by atomic mass is 10.1. The van der Waals surface area contributed by atoms with Crippen LogP contribution >= 0.6 is 0 Å². The van der Waals surface area contributed by atoms with E-state index in [1.54, 1.807) is 18.5 Å². The Balaban J connectivity index is 1.88. The molecule has 0 amide bonds. The van der Waals surface area contributed by atoms with E-state index in [1.165, 1.54) is 18.3 Å². The Morgan fingerprint density at radius 3 is 2.68 bits per heavy atom. The van der Waals surface area contributed by atoms with Crippen LogP contribution in [-0.4, -0.2) is 35.8 Å². The minimum Gasteiger partial charge on any atom is -0.478 e. The van der Waals surface area contributed by atoms with Crippen molar-refractivity contribution in [2.45, 2.75) is 19.4 Å². The van der Waals surface area contributed by atoms with Gasteiger partial charge in [0.1, 0.15) is 0 Å². The quantitative estimate of drug-likeness (QED) is 0.711. The molecule has 2 N–H and O–H groups in total. The molecule has 0 fully saturated rings. The van der Waals surface area contributed by atoms with E-state index in [2.05, 4.69) is 32.3 Å². The Morgan fingerprint density at radius 1 is 1.20 bits per heavy atom. The molecule has 128 valence electrons. The highest BCUT2D eigenvalue weighted by Crippen LogP contribution is 2.22. The highest BCUT2D eigenvalue weighted by atomic mass is 16.4. The van der Waals surface area contributed by atoms with Crippen molar-refractivity contribution in [1.82, 2.24) is 24.7 Å². The van der Waals surface area contributed by atoms with Crippen molar-refractivity contribution < 1.29 is 9.90 Å². The van der Waals surface area contributed by atoms with Gasteiger partial charge in [0.25, 0.3) is 0 Å². The molecule has 3 rings (SSSR count). The number of pyridine rings is 1. The third kappa shape index (κ3) is 3.63. The second-order valence-corrected chi connectivity index (χ2v) is 5.49. The van der Waals surface area contributed by atoms with Gasteiger partial charge in [0, 0.05) is 25.6 Å². The number of carbonyl (C=O) groups is 1. The smallest absolute Gasteiger partial charge is 0.335 e. The Morgan fingerprint density at radius 2 is 2.00 bits per heavy atom. The maximum absolute atomic E-state index is 11.1. The van der Waals surface area contributed by atoms with Crippen LogP contribution < -0.4 is 5.32 Å². The lowest BCUT2D eigenvalue weighted by molar-refractivity contribution is 0.0697. The standard InChI is InChI=1S/C17H18N6O2/c1-3-12(15-6-9-20-23(15)2)21-17-19-8-5-13(22-17)14-10-11(16(24)25)4-7-18-14/h4-10,12H,3H2,1-2H3,(H,24,25)(H,19,21,22). The summed E-state index contributed by atoms with van der Waals surface area (Å²) in [5.41, 5.74) is 2.24. The zero-order valence-corrected chi connectivity index (χ0v) is 13.9. The summed E-state index contributed by atoms with van der Waals surface area (Å²) in [4.78, 5) is 24.0. The number of anilines is 1. The molecule has 0 saturated heterocycles.